The fraction of sp³-hybridized carbons (Fsp3) is 0.621. The predicted octanol–water partition coefficient (Wildman–Crippen LogP) is 1.80. The van der Waals surface area contributed by atoms with E-state index in [9.17, 15) is 24.4 Å². The highest BCUT2D eigenvalue weighted by molar-refractivity contribution is 5.94. The fourth-order valence-electron chi connectivity index (χ4n) is 6.56. The maximum atomic E-state index is 13.7. The lowest BCUT2D eigenvalue weighted by Gasteiger charge is -2.39. The minimum Gasteiger partial charge on any atom is -0.444 e. The van der Waals surface area contributed by atoms with Crippen molar-refractivity contribution in [2.75, 3.05) is 20.1 Å². The molecular formula is C29H38N6O5. The molecule has 4 amide bonds. The molecule has 2 bridgehead atoms. The Morgan fingerprint density at radius 1 is 1.15 bits per heavy atom. The number of piperidine rings is 1. The molecule has 1 saturated carbocycles. The molecule has 40 heavy (non-hydrogen) atoms. The molecule has 2 N–H and O–H groups in total. The van der Waals surface area contributed by atoms with Crippen LogP contribution in [-0.2, 0) is 14.3 Å². The van der Waals surface area contributed by atoms with Gasteiger partial charge in [0.2, 0.25) is 11.8 Å². The van der Waals surface area contributed by atoms with E-state index in [1.807, 2.05) is 28.9 Å². The molecule has 5 rings (SSSR count). The minimum absolute atomic E-state index is 0.0130. The number of nitrogens with zero attached hydrogens (tertiary/aromatic N) is 4. The first-order valence-corrected chi connectivity index (χ1v) is 14.0. The van der Waals surface area contributed by atoms with Crippen LogP contribution in [0.1, 0.15) is 68.9 Å². The molecule has 4 aliphatic rings. The number of nitrogens with one attached hydrogen (secondary N) is 2. The van der Waals surface area contributed by atoms with Crippen LogP contribution in [0, 0.1) is 17.2 Å². The van der Waals surface area contributed by atoms with E-state index in [-0.39, 0.29) is 42.4 Å². The Kier molecular flexibility index (Phi) is 7.25. The van der Waals surface area contributed by atoms with Gasteiger partial charge in [-0.2, -0.15) is 5.26 Å². The van der Waals surface area contributed by atoms with Crippen molar-refractivity contribution in [1.29, 1.82) is 5.26 Å². The summed E-state index contributed by atoms with van der Waals surface area (Å²) >= 11 is 0. The van der Waals surface area contributed by atoms with E-state index in [1.54, 1.807) is 44.9 Å². The Balaban J connectivity index is 1.29. The predicted molar refractivity (Wildman–Crippen MR) is 145 cm³/mol. The van der Waals surface area contributed by atoms with Gasteiger partial charge in [-0.05, 0) is 70.6 Å². The van der Waals surface area contributed by atoms with Crippen molar-refractivity contribution in [3.05, 3.63) is 35.4 Å². The van der Waals surface area contributed by atoms with Crippen LogP contribution in [0.25, 0.3) is 0 Å². The molecule has 3 heterocycles. The standard InChI is InChI=1S/C29H38N6O5/c1-16(17-6-8-18(9-7-17)25(36)31-5)34-21-12-24(27(34)38)33(14-21)15-22(32-28(39)40-29(2,3)4)26(37)35-20(13-30)10-19-11-23(19)35/h6-9,16,19-24H,10-12,14-15H2,1-5H3,(H,31,36)(H,32,39)/t16-,19?,20?,21-,22?,23?,24?/m0/s1. The van der Waals surface area contributed by atoms with E-state index >= 15 is 0 Å². The summed E-state index contributed by atoms with van der Waals surface area (Å²) in [6.45, 7) is 7.99. The van der Waals surface area contributed by atoms with E-state index in [2.05, 4.69) is 16.7 Å². The quantitative estimate of drug-likeness (QED) is 0.529. The molecule has 0 spiro atoms. The molecule has 3 aliphatic heterocycles. The Hall–Kier alpha value is -3.65. The van der Waals surface area contributed by atoms with E-state index in [0.29, 0.717) is 30.9 Å². The molecule has 1 aromatic rings. The lowest BCUT2D eigenvalue weighted by molar-refractivity contribution is -0.141. The molecule has 5 unspecified atom stereocenters. The van der Waals surface area contributed by atoms with Crippen LogP contribution in [-0.4, -0.2) is 94.5 Å². The second-order valence-corrected chi connectivity index (χ2v) is 12.4. The second-order valence-electron chi connectivity index (χ2n) is 12.4. The Morgan fingerprint density at radius 2 is 1.85 bits per heavy atom. The Morgan fingerprint density at radius 3 is 2.45 bits per heavy atom. The number of alkyl carbamates (subject to hydrolysis) is 1. The zero-order valence-electron chi connectivity index (χ0n) is 23.7. The molecule has 0 radical (unpaired) electrons. The molecule has 7 atom stereocenters. The van der Waals surface area contributed by atoms with Gasteiger partial charge in [0.1, 0.15) is 17.7 Å². The van der Waals surface area contributed by atoms with Crippen LogP contribution < -0.4 is 10.6 Å². The third-order valence-corrected chi connectivity index (χ3v) is 8.53. The number of carbonyl (C=O) groups is 4. The minimum atomic E-state index is -0.930. The average Bonchev–Trinajstić information content (AvgIpc) is 3.23. The van der Waals surface area contributed by atoms with Crippen LogP contribution in [0.2, 0.25) is 0 Å². The molecule has 4 fully saturated rings. The van der Waals surface area contributed by atoms with Crippen molar-refractivity contribution in [3.63, 3.8) is 0 Å². The second kappa shape index (κ2) is 10.4. The molecular weight excluding hydrogens is 512 g/mol. The first kappa shape index (κ1) is 27.9. The van der Waals surface area contributed by atoms with E-state index in [4.69, 9.17) is 4.74 Å². The maximum absolute atomic E-state index is 13.7. The van der Waals surface area contributed by atoms with Gasteiger partial charge in [0, 0.05) is 37.8 Å². The van der Waals surface area contributed by atoms with Gasteiger partial charge >= 0.3 is 6.09 Å². The van der Waals surface area contributed by atoms with Gasteiger partial charge in [-0.25, -0.2) is 4.79 Å². The van der Waals surface area contributed by atoms with Crippen LogP contribution in [0.5, 0.6) is 0 Å². The van der Waals surface area contributed by atoms with Gasteiger partial charge in [0.25, 0.3) is 5.91 Å². The normalized spacial score (nSPS) is 28.5. The summed E-state index contributed by atoms with van der Waals surface area (Å²) in [5.74, 6) is -0.122. The Labute approximate surface area is 234 Å². The summed E-state index contributed by atoms with van der Waals surface area (Å²) in [5, 5.41) is 15.0. The summed E-state index contributed by atoms with van der Waals surface area (Å²) in [6, 6.07) is 7.51. The number of fused-ring (bicyclic) bond motifs is 3. The average molecular weight is 551 g/mol. The highest BCUT2D eigenvalue weighted by Gasteiger charge is 2.56. The van der Waals surface area contributed by atoms with Crippen molar-refractivity contribution in [1.82, 2.24) is 25.3 Å². The largest absolute Gasteiger partial charge is 0.444 e. The summed E-state index contributed by atoms with van der Waals surface area (Å²) in [6.07, 6.45) is 1.49. The third kappa shape index (κ3) is 5.24. The summed E-state index contributed by atoms with van der Waals surface area (Å²) in [5.41, 5.74) is 0.761. The number of benzene rings is 1. The molecule has 0 aromatic heterocycles. The third-order valence-electron chi connectivity index (χ3n) is 8.53. The molecule has 11 heteroatoms. The van der Waals surface area contributed by atoms with Gasteiger partial charge in [0.15, 0.2) is 0 Å². The summed E-state index contributed by atoms with van der Waals surface area (Å²) < 4.78 is 5.44. The monoisotopic (exact) mass is 550 g/mol. The first-order chi connectivity index (χ1) is 18.9. The number of carbonyl (C=O) groups excluding carboxylic acids is 4. The van der Waals surface area contributed by atoms with Gasteiger partial charge < -0.3 is 25.2 Å². The fourth-order valence-corrected chi connectivity index (χ4v) is 6.56. The van der Waals surface area contributed by atoms with Gasteiger partial charge in [-0.1, -0.05) is 12.1 Å². The number of rotatable bonds is 7. The van der Waals surface area contributed by atoms with E-state index < -0.39 is 29.8 Å². The number of likely N-dealkylation sites (tertiary alicyclic amines) is 3. The van der Waals surface area contributed by atoms with Crippen LogP contribution >= 0.6 is 0 Å². The van der Waals surface area contributed by atoms with Gasteiger partial charge in [-0.3, -0.25) is 19.3 Å². The number of ether oxygens (including phenoxy) is 1. The van der Waals surface area contributed by atoms with Crippen LogP contribution in [0.4, 0.5) is 4.79 Å². The lowest BCUT2D eigenvalue weighted by atomic mass is 10.0. The first-order valence-electron chi connectivity index (χ1n) is 14.0. The van der Waals surface area contributed by atoms with Crippen molar-refractivity contribution >= 4 is 23.8 Å². The van der Waals surface area contributed by atoms with Gasteiger partial charge in [-0.15, -0.1) is 0 Å². The van der Waals surface area contributed by atoms with Crippen molar-refractivity contribution in [2.45, 2.75) is 88.8 Å². The molecule has 11 nitrogen and oxygen atoms in total. The SMILES string of the molecule is CNC(=O)c1ccc([C@H](C)N2C(=O)C3C[C@H]2CN3CC(NC(=O)OC(C)(C)C)C(=O)N2C(C#N)CC3CC32)cc1. The lowest BCUT2D eigenvalue weighted by Crippen LogP contribution is -2.59. The van der Waals surface area contributed by atoms with Crippen LogP contribution in [0.15, 0.2) is 24.3 Å². The number of nitriles is 1. The number of hydrogen-bond donors (Lipinski definition) is 2. The molecule has 3 saturated heterocycles. The highest BCUT2D eigenvalue weighted by atomic mass is 16.6. The Bertz CT molecular complexity index is 1240. The summed E-state index contributed by atoms with van der Waals surface area (Å²) in [7, 11) is 1.58. The molecule has 1 aromatic carbocycles. The number of hydrogen-bond acceptors (Lipinski definition) is 7. The maximum Gasteiger partial charge on any atom is 0.408 e. The zero-order valence-corrected chi connectivity index (χ0v) is 23.7. The topological polar surface area (TPSA) is 135 Å². The number of amides is 4. The zero-order chi connectivity index (χ0) is 28.9. The van der Waals surface area contributed by atoms with Crippen molar-refractivity contribution in [3.8, 4) is 6.07 Å². The molecule has 214 valence electrons. The van der Waals surface area contributed by atoms with E-state index in [1.165, 1.54) is 0 Å². The molecule has 1 aliphatic carbocycles. The summed E-state index contributed by atoms with van der Waals surface area (Å²) in [4.78, 5) is 57.4. The van der Waals surface area contributed by atoms with Crippen molar-refractivity contribution in [2.24, 2.45) is 5.92 Å². The smallest absolute Gasteiger partial charge is 0.408 e. The highest BCUT2D eigenvalue weighted by Crippen LogP contribution is 2.48. The van der Waals surface area contributed by atoms with Crippen molar-refractivity contribution < 1.29 is 23.9 Å². The van der Waals surface area contributed by atoms with E-state index in [0.717, 1.165) is 12.0 Å². The van der Waals surface area contributed by atoms with Crippen LogP contribution in [0.3, 0.4) is 0 Å². The number of piperazine rings is 1. The van der Waals surface area contributed by atoms with Gasteiger partial charge in [0.05, 0.1) is 18.2 Å².